The topological polar surface area (TPSA) is 63.2 Å². The van der Waals surface area contributed by atoms with Crippen LogP contribution in [0.3, 0.4) is 0 Å². The maximum atomic E-state index is 12.7. The highest BCUT2D eigenvalue weighted by atomic mass is 16.7. The molecule has 0 amide bonds. The molecule has 6 heteroatoms. The van der Waals surface area contributed by atoms with Gasteiger partial charge in [-0.05, 0) is 30.3 Å². The van der Waals surface area contributed by atoms with Gasteiger partial charge in [0.1, 0.15) is 11.5 Å². The molecule has 1 aliphatic rings. The fourth-order valence-corrected chi connectivity index (χ4v) is 2.76. The molecule has 0 aliphatic carbocycles. The van der Waals surface area contributed by atoms with Crippen molar-refractivity contribution in [2.45, 2.75) is 12.5 Å². The zero-order valence-electron chi connectivity index (χ0n) is 14.4. The number of methoxy groups -OCH3 is 3. The minimum absolute atomic E-state index is 0.0528. The van der Waals surface area contributed by atoms with Crippen molar-refractivity contribution < 1.29 is 28.5 Å². The molecule has 2 aromatic carbocycles. The summed E-state index contributed by atoms with van der Waals surface area (Å²) < 4.78 is 26.8. The Balaban J connectivity index is 1.81. The summed E-state index contributed by atoms with van der Waals surface area (Å²) in [6.45, 7) is 0.177. The molecule has 0 spiro atoms. The second kappa shape index (κ2) is 7.44. The molecule has 0 aromatic heterocycles. The predicted octanol–water partition coefficient (Wildman–Crippen LogP) is 3.39. The van der Waals surface area contributed by atoms with Crippen LogP contribution in [-0.2, 0) is 4.74 Å². The molecule has 6 nitrogen and oxygen atoms in total. The average molecular weight is 344 g/mol. The lowest BCUT2D eigenvalue weighted by molar-refractivity contribution is 0.0720. The zero-order valence-corrected chi connectivity index (χ0v) is 14.4. The molecule has 0 N–H and O–H groups in total. The molecule has 0 saturated heterocycles. The van der Waals surface area contributed by atoms with E-state index in [1.54, 1.807) is 45.6 Å². The van der Waals surface area contributed by atoms with Crippen LogP contribution in [0.5, 0.6) is 23.0 Å². The van der Waals surface area contributed by atoms with E-state index < -0.39 is 6.10 Å². The van der Waals surface area contributed by atoms with Crippen LogP contribution in [0.4, 0.5) is 0 Å². The van der Waals surface area contributed by atoms with E-state index in [0.717, 1.165) is 5.56 Å². The van der Waals surface area contributed by atoms with Gasteiger partial charge in [-0.15, -0.1) is 0 Å². The third-order valence-corrected chi connectivity index (χ3v) is 4.14. The summed E-state index contributed by atoms with van der Waals surface area (Å²) in [6.07, 6.45) is -0.252. The molecule has 0 bridgehead atoms. The van der Waals surface area contributed by atoms with Crippen LogP contribution in [0.1, 0.15) is 28.4 Å². The van der Waals surface area contributed by atoms with E-state index in [-0.39, 0.29) is 19.0 Å². The third-order valence-electron chi connectivity index (χ3n) is 4.14. The highest BCUT2D eigenvalue weighted by Crippen LogP contribution is 2.36. The standard InChI is InChI=1S/C19H20O6/c1-21-13-5-6-14(17(9-13)22-2)18(23-3)10-15(20)12-4-7-16-19(8-12)25-11-24-16/h4-9,18H,10-11H2,1-3H3/t18-/m0/s1. The average Bonchev–Trinajstić information content (AvgIpc) is 3.13. The van der Waals surface area contributed by atoms with E-state index in [1.807, 2.05) is 12.1 Å². The van der Waals surface area contributed by atoms with E-state index in [9.17, 15) is 4.79 Å². The first-order valence-corrected chi connectivity index (χ1v) is 7.83. The Morgan fingerprint density at radius 3 is 2.56 bits per heavy atom. The molecule has 0 unspecified atom stereocenters. The van der Waals surface area contributed by atoms with E-state index in [4.69, 9.17) is 23.7 Å². The van der Waals surface area contributed by atoms with Crippen molar-refractivity contribution in [3.05, 3.63) is 47.5 Å². The highest BCUT2D eigenvalue weighted by Gasteiger charge is 2.22. The van der Waals surface area contributed by atoms with Gasteiger partial charge in [0.15, 0.2) is 17.3 Å². The van der Waals surface area contributed by atoms with Gasteiger partial charge in [-0.1, -0.05) is 0 Å². The van der Waals surface area contributed by atoms with Crippen LogP contribution >= 0.6 is 0 Å². The quantitative estimate of drug-likeness (QED) is 0.718. The normalized spacial score (nSPS) is 13.4. The summed E-state index contributed by atoms with van der Waals surface area (Å²) in [7, 11) is 4.73. The molecule has 0 fully saturated rings. The van der Waals surface area contributed by atoms with Gasteiger partial charge < -0.3 is 23.7 Å². The Morgan fingerprint density at radius 2 is 1.84 bits per heavy atom. The zero-order chi connectivity index (χ0) is 17.8. The maximum Gasteiger partial charge on any atom is 0.231 e. The summed E-state index contributed by atoms with van der Waals surface area (Å²) in [5, 5.41) is 0. The second-order valence-corrected chi connectivity index (χ2v) is 5.53. The Kier molecular flexibility index (Phi) is 5.09. The number of hydrogen-bond acceptors (Lipinski definition) is 6. The molecule has 0 saturated carbocycles. The Bertz CT molecular complexity index is 771. The summed E-state index contributed by atoms with van der Waals surface area (Å²) in [5.74, 6) is 2.48. The lowest BCUT2D eigenvalue weighted by Gasteiger charge is -2.18. The largest absolute Gasteiger partial charge is 0.497 e. The van der Waals surface area contributed by atoms with Gasteiger partial charge in [-0.2, -0.15) is 0 Å². The number of carbonyl (C=O) groups excluding carboxylic acids is 1. The molecule has 1 heterocycles. The molecular formula is C19H20O6. The molecule has 0 radical (unpaired) electrons. The van der Waals surface area contributed by atoms with Crippen molar-refractivity contribution in [3.63, 3.8) is 0 Å². The van der Waals surface area contributed by atoms with Gasteiger partial charge in [0.2, 0.25) is 6.79 Å². The molecule has 1 aliphatic heterocycles. The van der Waals surface area contributed by atoms with Gasteiger partial charge in [0.05, 0.1) is 20.3 Å². The summed E-state index contributed by atoms with van der Waals surface area (Å²) in [6, 6.07) is 10.6. The van der Waals surface area contributed by atoms with Gasteiger partial charge in [0, 0.05) is 30.7 Å². The van der Waals surface area contributed by atoms with Crippen molar-refractivity contribution in [1.82, 2.24) is 0 Å². The van der Waals surface area contributed by atoms with Gasteiger partial charge in [-0.3, -0.25) is 4.79 Å². The maximum absolute atomic E-state index is 12.7. The summed E-state index contributed by atoms with van der Waals surface area (Å²) in [4.78, 5) is 12.7. The first-order valence-electron chi connectivity index (χ1n) is 7.83. The highest BCUT2D eigenvalue weighted by molar-refractivity contribution is 5.97. The first kappa shape index (κ1) is 17.1. The van der Waals surface area contributed by atoms with E-state index in [1.165, 1.54) is 0 Å². The molecular weight excluding hydrogens is 324 g/mol. The minimum atomic E-state index is -0.432. The fourth-order valence-electron chi connectivity index (χ4n) is 2.76. The van der Waals surface area contributed by atoms with Gasteiger partial charge in [0.25, 0.3) is 0 Å². The number of rotatable bonds is 7. The van der Waals surface area contributed by atoms with Crippen LogP contribution in [0, 0.1) is 0 Å². The van der Waals surface area contributed by atoms with Crippen molar-refractivity contribution in [2.75, 3.05) is 28.1 Å². The number of benzene rings is 2. The number of carbonyl (C=O) groups is 1. The monoisotopic (exact) mass is 344 g/mol. The van der Waals surface area contributed by atoms with Crippen molar-refractivity contribution in [2.24, 2.45) is 0 Å². The lowest BCUT2D eigenvalue weighted by Crippen LogP contribution is -2.11. The van der Waals surface area contributed by atoms with Gasteiger partial charge >= 0.3 is 0 Å². The number of Topliss-reactive ketones (excluding diaryl/α,β-unsaturated/α-hetero) is 1. The molecule has 25 heavy (non-hydrogen) atoms. The smallest absolute Gasteiger partial charge is 0.231 e. The molecule has 2 aromatic rings. The number of ether oxygens (including phenoxy) is 5. The van der Waals surface area contributed by atoms with Crippen molar-refractivity contribution in [3.8, 4) is 23.0 Å². The lowest BCUT2D eigenvalue weighted by atomic mass is 9.99. The van der Waals surface area contributed by atoms with Crippen molar-refractivity contribution >= 4 is 5.78 Å². The fraction of sp³-hybridized carbons (Fsp3) is 0.316. The van der Waals surface area contributed by atoms with Crippen LogP contribution in [0.2, 0.25) is 0 Å². The third kappa shape index (κ3) is 3.53. The molecule has 132 valence electrons. The first-order chi connectivity index (χ1) is 12.2. The van der Waals surface area contributed by atoms with E-state index in [0.29, 0.717) is 28.6 Å². The van der Waals surface area contributed by atoms with Crippen LogP contribution in [0.25, 0.3) is 0 Å². The number of ketones is 1. The van der Waals surface area contributed by atoms with Crippen LogP contribution < -0.4 is 18.9 Å². The Labute approximate surface area is 146 Å². The van der Waals surface area contributed by atoms with E-state index in [2.05, 4.69) is 0 Å². The van der Waals surface area contributed by atoms with Crippen LogP contribution in [0.15, 0.2) is 36.4 Å². The SMILES string of the molecule is COc1ccc([C@H](CC(=O)c2ccc3c(c2)OCO3)OC)c(OC)c1. The minimum Gasteiger partial charge on any atom is -0.497 e. The van der Waals surface area contributed by atoms with Crippen LogP contribution in [-0.4, -0.2) is 33.9 Å². The van der Waals surface area contributed by atoms with Crippen molar-refractivity contribution in [1.29, 1.82) is 0 Å². The Hall–Kier alpha value is -2.73. The predicted molar refractivity (Wildman–Crippen MR) is 90.8 cm³/mol. The molecule has 3 rings (SSSR count). The summed E-state index contributed by atoms with van der Waals surface area (Å²) in [5.41, 5.74) is 1.35. The Morgan fingerprint density at radius 1 is 1.04 bits per heavy atom. The van der Waals surface area contributed by atoms with E-state index >= 15 is 0 Å². The number of hydrogen-bond donors (Lipinski definition) is 0. The van der Waals surface area contributed by atoms with Gasteiger partial charge in [-0.25, -0.2) is 0 Å². The number of fused-ring (bicyclic) bond motifs is 1. The second-order valence-electron chi connectivity index (χ2n) is 5.53. The molecule has 1 atom stereocenters. The summed E-state index contributed by atoms with van der Waals surface area (Å²) >= 11 is 0.